The molecule has 6 heteroatoms. The maximum atomic E-state index is 8.62. The van der Waals surface area contributed by atoms with Gasteiger partial charge in [-0.25, -0.2) is 4.98 Å². The van der Waals surface area contributed by atoms with Crippen LogP contribution in [0.1, 0.15) is 25.8 Å². The molecule has 1 aromatic heterocycles. The molecule has 106 valence electrons. The molecule has 0 radical (unpaired) electrons. The van der Waals surface area contributed by atoms with Crippen LogP contribution < -0.4 is 10.6 Å². The summed E-state index contributed by atoms with van der Waals surface area (Å²) >= 11 is 0. The van der Waals surface area contributed by atoms with E-state index in [0.717, 1.165) is 18.8 Å². The van der Waals surface area contributed by atoms with Crippen molar-refractivity contribution in [2.24, 2.45) is 10.9 Å². The minimum absolute atomic E-state index is 0.0611. The summed E-state index contributed by atoms with van der Waals surface area (Å²) in [5.74, 6) is 0.923. The molecule has 0 fully saturated rings. The highest BCUT2D eigenvalue weighted by molar-refractivity contribution is 5.96. The van der Waals surface area contributed by atoms with E-state index in [9.17, 15) is 0 Å². The average molecular weight is 266 g/mol. The molecule has 0 saturated heterocycles. The van der Waals surface area contributed by atoms with Gasteiger partial charge in [-0.2, -0.15) is 0 Å². The number of hydrogen-bond acceptors (Lipinski definition) is 5. The average Bonchev–Trinajstić information content (AvgIpc) is 2.47. The van der Waals surface area contributed by atoms with Crippen LogP contribution in [0.15, 0.2) is 23.5 Å². The van der Waals surface area contributed by atoms with E-state index in [0.29, 0.717) is 18.2 Å². The Hall–Kier alpha value is -1.82. The molecule has 0 aliphatic heterocycles. The van der Waals surface area contributed by atoms with E-state index in [1.54, 1.807) is 19.4 Å². The van der Waals surface area contributed by atoms with Crippen LogP contribution in [0.25, 0.3) is 0 Å². The monoisotopic (exact) mass is 266 g/mol. The van der Waals surface area contributed by atoms with Gasteiger partial charge in [0.1, 0.15) is 5.82 Å². The summed E-state index contributed by atoms with van der Waals surface area (Å²) in [5, 5.41) is 11.6. The van der Waals surface area contributed by atoms with Crippen molar-refractivity contribution < 1.29 is 9.94 Å². The van der Waals surface area contributed by atoms with Gasteiger partial charge in [0, 0.05) is 31.5 Å². The predicted molar refractivity (Wildman–Crippen MR) is 75.7 cm³/mol. The number of nitrogens with two attached hydrogens (primary N) is 1. The molecule has 0 aliphatic carbocycles. The highest BCUT2D eigenvalue weighted by Gasteiger charge is 2.14. The molecule has 0 aromatic carbocycles. The maximum absolute atomic E-state index is 8.62. The van der Waals surface area contributed by atoms with Crippen LogP contribution in [0.4, 0.5) is 5.82 Å². The van der Waals surface area contributed by atoms with Crippen LogP contribution in [-0.2, 0) is 4.74 Å². The van der Waals surface area contributed by atoms with Gasteiger partial charge in [-0.3, -0.25) is 0 Å². The third kappa shape index (κ3) is 4.10. The molecule has 6 nitrogen and oxygen atoms in total. The number of anilines is 1. The molecule has 0 amide bonds. The summed E-state index contributed by atoms with van der Waals surface area (Å²) in [7, 11) is 1.68. The van der Waals surface area contributed by atoms with Crippen molar-refractivity contribution in [2.75, 3.05) is 25.2 Å². The van der Waals surface area contributed by atoms with Crippen LogP contribution in [0, 0.1) is 0 Å². The number of methoxy groups -OCH3 is 1. The van der Waals surface area contributed by atoms with Crippen molar-refractivity contribution >= 4 is 11.7 Å². The second-order valence-electron chi connectivity index (χ2n) is 4.33. The number of nitrogens with zero attached hydrogens (tertiary/aromatic N) is 3. The molecule has 1 unspecified atom stereocenters. The highest BCUT2D eigenvalue weighted by atomic mass is 16.5. The lowest BCUT2D eigenvalue weighted by Crippen LogP contribution is -2.36. The summed E-state index contributed by atoms with van der Waals surface area (Å²) in [6, 6.07) is 4.03. The van der Waals surface area contributed by atoms with Crippen LogP contribution in [-0.4, -0.2) is 42.3 Å². The minimum Gasteiger partial charge on any atom is -0.409 e. The first-order chi connectivity index (χ1) is 9.13. The predicted octanol–water partition coefficient (Wildman–Crippen LogP) is 1.43. The number of hydrogen-bond donors (Lipinski definition) is 2. The first kappa shape index (κ1) is 15.2. The van der Waals surface area contributed by atoms with Gasteiger partial charge in [0.2, 0.25) is 0 Å². The number of ether oxygens (including phenoxy) is 1. The van der Waals surface area contributed by atoms with Crippen molar-refractivity contribution in [3.05, 3.63) is 23.9 Å². The Morgan fingerprint density at radius 2 is 2.32 bits per heavy atom. The summed E-state index contributed by atoms with van der Waals surface area (Å²) in [4.78, 5) is 6.55. The number of amidine groups is 1. The van der Waals surface area contributed by atoms with Gasteiger partial charge in [-0.1, -0.05) is 12.1 Å². The molecule has 1 aromatic rings. The molecule has 3 N–H and O–H groups in total. The molecular formula is C13H22N4O2. The minimum atomic E-state index is 0.0611. The third-order valence-corrected chi connectivity index (χ3v) is 3.10. The van der Waals surface area contributed by atoms with Crippen molar-refractivity contribution in [1.29, 1.82) is 0 Å². The van der Waals surface area contributed by atoms with Gasteiger partial charge in [-0.05, 0) is 25.5 Å². The lowest BCUT2D eigenvalue weighted by molar-refractivity contribution is 0.203. The van der Waals surface area contributed by atoms with Crippen LogP contribution in [0.2, 0.25) is 0 Å². The number of oxime groups is 1. The Morgan fingerprint density at radius 1 is 1.58 bits per heavy atom. The number of rotatable bonds is 7. The molecule has 0 bridgehead atoms. The van der Waals surface area contributed by atoms with Crippen LogP contribution in [0.3, 0.4) is 0 Å². The Labute approximate surface area is 113 Å². The molecule has 0 spiro atoms. The number of aromatic nitrogens is 1. The van der Waals surface area contributed by atoms with Gasteiger partial charge in [-0.15, -0.1) is 0 Å². The summed E-state index contributed by atoms with van der Waals surface area (Å²) in [5.41, 5.74) is 6.11. The molecule has 0 aliphatic rings. The van der Waals surface area contributed by atoms with E-state index < -0.39 is 0 Å². The fourth-order valence-electron chi connectivity index (χ4n) is 1.74. The van der Waals surface area contributed by atoms with Gasteiger partial charge in [0.05, 0.1) is 6.61 Å². The van der Waals surface area contributed by atoms with Crippen molar-refractivity contribution in [3.63, 3.8) is 0 Å². The van der Waals surface area contributed by atoms with Crippen molar-refractivity contribution in [3.8, 4) is 0 Å². The number of pyridine rings is 1. The third-order valence-electron chi connectivity index (χ3n) is 3.10. The topological polar surface area (TPSA) is 84.0 Å². The molecule has 0 saturated carbocycles. The SMILES string of the molecule is CCC(C)N(CCOC)c1ccc(/C(N)=N/O)cn1. The van der Waals surface area contributed by atoms with Crippen LogP contribution >= 0.6 is 0 Å². The maximum Gasteiger partial charge on any atom is 0.171 e. The second kappa shape index (κ2) is 7.58. The Bertz CT molecular complexity index is 406. The van der Waals surface area contributed by atoms with Gasteiger partial charge >= 0.3 is 0 Å². The smallest absolute Gasteiger partial charge is 0.171 e. The molecule has 1 atom stereocenters. The highest BCUT2D eigenvalue weighted by Crippen LogP contribution is 2.16. The van der Waals surface area contributed by atoms with E-state index in [-0.39, 0.29) is 5.84 Å². The van der Waals surface area contributed by atoms with E-state index in [1.807, 2.05) is 6.07 Å². The normalized spacial score (nSPS) is 13.3. The Kier molecular flexibility index (Phi) is 6.08. The first-order valence-corrected chi connectivity index (χ1v) is 6.33. The summed E-state index contributed by atoms with van der Waals surface area (Å²) in [6.45, 7) is 5.71. The van der Waals surface area contributed by atoms with Gasteiger partial charge in [0.15, 0.2) is 5.84 Å². The summed E-state index contributed by atoms with van der Waals surface area (Å²) < 4.78 is 5.13. The molecule has 1 heterocycles. The van der Waals surface area contributed by atoms with E-state index in [4.69, 9.17) is 15.7 Å². The first-order valence-electron chi connectivity index (χ1n) is 6.33. The van der Waals surface area contributed by atoms with Gasteiger partial charge in [0.25, 0.3) is 0 Å². The zero-order valence-electron chi connectivity index (χ0n) is 11.7. The van der Waals surface area contributed by atoms with Crippen molar-refractivity contribution in [2.45, 2.75) is 26.3 Å². The lowest BCUT2D eigenvalue weighted by atomic mass is 10.2. The van der Waals surface area contributed by atoms with Gasteiger partial charge < -0.3 is 20.6 Å². The fourth-order valence-corrected chi connectivity index (χ4v) is 1.74. The fraction of sp³-hybridized carbons (Fsp3) is 0.538. The largest absolute Gasteiger partial charge is 0.409 e. The zero-order valence-corrected chi connectivity index (χ0v) is 11.7. The van der Waals surface area contributed by atoms with E-state index >= 15 is 0 Å². The quantitative estimate of drug-likeness (QED) is 0.337. The van der Waals surface area contributed by atoms with Crippen LogP contribution in [0.5, 0.6) is 0 Å². The van der Waals surface area contributed by atoms with E-state index in [2.05, 4.69) is 28.9 Å². The Morgan fingerprint density at radius 3 is 2.79 bits per heavy atom. The molecule has 19 heavy (non-hydrogen) atoms. The Balaban J connectivity index is 2.90. The van der Waals surface area contributed by atoms with E-state index in [1.165, 1.54) is 0 Å². The molecular weight excluding hydrogens is 244 g/mol. The standard InChI is InChI=1S/C13H22N4O2/c1-4-10(2)17(7-8-19-3)12-6-5-11(9-15-12)13(14)16-18/h5-6,9-10,18H,4,7-8H2,1-3H3,(H2,14,16). The lowest BCUT2D eigenvalue weighted by Gasteiger charge is -2.29. The second-order valence-corrected chi connectivity index (χ2v) is 4.33. The molecule has 1 rings (SSSR count). The van der Waals surface area contributed by atoms with Crippen molar-refractivity contribution in [1.82, 2.24) is 4.98 Å². The summed E-state index contributed by atoms with van der Waals surface area (Å²) in [6.07, 6.45) is 2.62. The zero-order chi connectivity index (χ0) is 14.3.